The Morgan fingerprint density at radius 1 is 1.08 bits per heavy atom. The standard InChI is InChI=1S/C18H19F4NO/c1-2-17(16(23)10-12-6-4-3-5-7-12)24-13-8-9-15(19)14(11-13)18(20,21)22/h3-9,11,16-17H,2,10,23H2,1H3. The maximum Gasteiger partial charge on any atom is 0.419 e. The van der Waals surface area contributed by atoms with Crippen LogP contribution in [0.5, 0.6) is 5.75 Å². The van der Waals surface area contributed by atoms with Gasteiger partial charge in [0.25, 0.3) is 0 Å². The highest BCUT2D eigenvalue weighted by Crippen LogP contribution is 2.34. The molecule has 24 heavy (non-hydrogen) atoms. The van der Waals surface area contributed by atoms with Gasteiger partial charge < -0.3 is 10.5 Å². The van der Waals surface area contributed by atoms with Crippen LogP contribution in [-0.4, -0.2) is 12.1 Å². The minimum atomic E-state index is -4.77. The van der Waals surface area contributed by atoms with Crippen LogP contribution in [0.4, 0.5) is 17.6 Å². The van der Waals surface area contributed by atoms with E-state index in [1.54, 1.807) is 0 Å². The molecular weight excluding hydrogens is 322 g/mol. The lowest BCUT2D eigenvalue weighted by molar-refractivity contribution is -0.140. The van der Waals surface area contributed by atoms with Gasteiger partial charge in [-0.05, 0) is 36.6 Å². The topological polar surface area (TPSA) is 35.2 Å². The van der Waals surface area contributed by atoms with E-state index < -0.39 is 29.7 Å². The van der Waals surface area contributed by atoms with E-state index >= 15 is 0 Å². The van der Waals surface area contributed by atoms with Gasteiger partial charge in [-0.15, -0.1) is 0 Å². The van der Waals surface area contributed by atoms with Crippen molar-refractivity contribution in [3.05, 3.63) is 65.5 Å². The monoisotopic (exact) mass is 341 g/mol. The lowest BCUT2D eigenvalue weighted by Crippen LogP contribution is -2.40. The predicted octanol–water partition coefficient (Wildman–Crippen LogP) is 4.57. The van der Waals surface area contributed by atoms with E-state index in [2.05, 4.69) is 0 Å². The first-order valence-electron chi connectivity index (χ1n) is 7.64. The second kappa shape index (κ2) is 7.66. The van der Waals surface area contributed by atoms with E-state index in [4.69, 9.17) is 10.5 Å². The molecule has 0 aliphatic rings. The molecule has 2 atom stereocenters. The average Bonchev–Trinajstić information content (AvgIpc) is 2.53. The zero-order valence-corrected chi connectivity index (χ0v) is 13.2. The summed E-state index contributed by atoms with van der Waals surface area (Å²) in [6, 6.07) is 11.7. The zero-order chi connectivity index (χ0) is 17.7. The van der Waals surface area contributed by atoms with E-state index in [1.165, 1.54) is 6.07 Å². The summed E-state index contributed by atoms with van der Waals surface area (Å²) >= 11 is 0. The number of rotatable bonds is 6. The van der Waals surface area contributed by atoms with Gasteiger partial charge >= 0.3 is 6.18 Å². The first-order chi connectivity index (χ1) is 11.3. The summed E-state index contributed by atoms with van der Waals surface area (Å²) < 4.78 is 57.2. The zero-order valence-electron chi connectivity index (χ0n) is 13.2. The second-order valence-corrected chi connectivity index (χ2v) is 5.56. The highest BCUT2D eigenvalue weighted by atomic mass is 19.4. The average molecular weight is 341 g/mol. The molecule has 130 valence electrons. The van der Waals surface area contributed by atoms with Crippen LogP contribution in [0, 0.1) is 5.82 Å². The molecule has 0 amide bonds. The lowest BCUT2D eigenvalue weighted by atomic mass is 10.0. The van der Waals surface area contributed by atoms with E-state index in [9.17, 15) is 17.6 Å². The Morgan fingerprint density at radius 3 is 2.33 bits per heavy atom. The Bertz CT molecular complexity index is 658. The Balaban J connectivity index is 2.12. The van der Waals surface area contributed by atoms with Crippen molar-refractivity contribution >= 4 is 0 Å². The summed E-state index contributed by atoms with van der Waals surface area (Å²) in [5.74, 6) is -1.37. The van der Waals surface area contributed by atoms with Crippen LogP contribution >= 0.6 is 0 Å². The van der Waals surface area contributed by atoms with E-state index in [-0.39, 0.29) is 5.75 Å². The molecule has 0 bridgehead atoms. The molecule has 0 saturated carbocycles. The summed E-state index contributed by atoms with van der Waals surface area (Å²) in [5, 5.41) is 0. The highest BCUT2D eigenvalue weighted by Gasteiger charge is 2.34. The molecule has 0 heterocycles. The molecule has 6 heteroatoms. The molecule has 0 aromatic heterocycles. The van der Waals surface area contributed by atoms with Crippen molar-refractivity contribution in [2.24, 2.45) is 5.73 Å². The Morgan fingerprint density at radius 2 is 1.75 bits per heavy atom. The van der Waals surface area contributed by atoms with Gasteiger partial charge in [0, 0.05) is 6.04 Å². The number of alkyl halides is 3. The van der Waals surface area contributed by atoms with E-state index in [0.29, 0.717) is 18.9 Å². The number of halogens is 4. The Kier molecular flexibility index (Phi) is 5.83. The molecular formula is C18H19F4NO. The van der Waals surface area contributed by atoms with E-state index in [1.807, 2.05) is 37.3 Å². The number of ether oxygens (including phenoxy) is 1. The minimum Gasteiger partial charge on any atom is -0.489 e. The predicted molar refractivity (Wildman–Crippen MR) is 84.2 cm³/mol. The number of hydrogen-bond donors (Lipinski definition) is 1. The quantitative estimate of drug-likeness (QED) is 0.781. The first kappa shape index (κ1) is 18.3. The van der Waals surface area contributed by atoms with Crippen LogP contribution in [0.1, 0.15) is 24.5 Å². The summed E-state index contributed by atoms with van der Waals surface area (Å²) in [5.41, 5.74) is 5.82. The van der Waals surface area contributed by atoms with Crippen LogP contribution < -0.4 is 10.5 Å². The van der Waals surface area contributed by atoms with Gasteiger partial charge in [0.15, 0.2) is 0 Å². The maximum atomic E-state index is 13.3. The highest BCUT2D eigenvalue weighted by molar-refractivity contribution is 5.32. The van der Waals surface area contributed by atoms with Crippen molar-refractivity contribution in [1.29, 1.82) is 0 Å². The summed E-state index contributed by atoms with van der Waals surface area (Å²) in [6.45, 7) is 1.84. The number of nitrogens with two attached hydrogens (primary N) is 1. The van der Waals surface area contributed by atoms with Crippen molar-refractivity contribution in [1.82, 2.24) is 0 Å². The van der Waals surface area contributed by atoms with Crippen LogP contribution in [0.3, 0.4) is 0 Å². The van der Waals surface area contributed by atoms with Crippen molar-refractivity contribution < 1.29 is 22.3 Å². The molecule has 0 saturated heterocycles. The molecule has 2 nitrogen and oxygen atoms in total. The van der Waals surface area contributed by atoms with Gasteiger partial charge in [-0.25, -0.2) is 4.39 Å². The smallest absolute Gasteiger partial charge is 0.419 e. The second-order valence-electron chi connectivity index (χ2n) is 5.56. The number of benzene rings is 2. The fraction of sp³-hybridized carbons (Fsp3) is 0.333. The summed E-state index contributed by atoms with van der Waals surface area (Å²) in [7, 11) is 0. The van der Waals surface area contributed by atoms with Gasteiger partial charge in [-0.3, -0.25) is 0 Å². The molecule has 0 aliphatic carbocycles. The van der Waals surface area contributed by atoms with Crippen LogP contribution in [-0.2, 0) is 12.6 Å². The molecule has 2 unspecified atom stereocenters. The first-order valence-corrected chi connectivity index (χ1v) is 7.64. The largest absolute Gasteiger partial charge is 0.489 e. The molecule has 2 aromatic carbocycles. The minimum absolute atomic E-state index is 0.0425. The maximum absolute atomic E-state index is 13.3. The third-order valence-electron chi connectivity index (χ3n) is 3.72. The van der Waals surface area contributed by atoms with Gasteiger partial charge in [0.05, 0.1) is 5.56 Å². The molecule has 2 N–H and O–H groups in total. The summed E-state index contributed by atoms with van der Waals surface area (Å²) in [6.07, 6.45) is -4.19. The molecule has 0 radical (unpaired) electrons. The SMILES string of the molecule is CCC(Oc1ccc(F)c(C(F)(F)F)c1)C(N)Cc1ccccc1. The van der Waals surface area contributed by atoms with Crippen LogP contribution in [0.2, 0.25) is 0 Å². The van der Waals surface area contributed by atoms with Crippen molar-refractivity contribution in [2.45, 2.75) is 38.1 Å². The van der Waals surface area contributed by atoms with Crippen LogP contribution in [0.25, 0.3) is 0 Å². The Labute approximate surface area is 138 Å². The normalized spacial score (nSPS) is 14.2. The van der Waals surface area contributed by atoms with Crippen molar-refractivity contribution in [2.75, 3.05) is 0 Å². The van der Waals surface area contributed by atoms with Crippen molar-refractivity contribution in [3.8, 4) is 5.75 Å². The third kappa shape index (κ3) is 4.71. The summed E-state index contributed by atoms with van der Waals surface area (Å²) in [4.78, 5) is 0. The van der Waals surface area contributed by atoms with Gasteiger partial charge in [-0.2, -0.15) is 13.2 Å². The van der Waals surface area contributed by atoms with Gasteiger partial charge in [0.2, 0.25) is 0 Å². The Hall–Kier alpha value is -2.08. The fourth-order valence-electron chi connectivity index (χ4n) is 2.46. The van der Waals surface area contributed by atoms with Crippen molar-refractivity contribution in [3.63, 3.8) is 0 Å². The van der Waals surface area contributed by atoms with Crippen LogP contribution in [0.15, 0.2) is 48.5 Å². The lowest BCUT2D eigenvalue weighted by Gasteiger charge is -2.24. The fourth-order valence-corrected chi connectivity index (χ4v) is 2.46. The van der Waals surface area contributed by atoms with Gasteiger partial charge in [0.1, 0.15) is 17.7 Å². The molecule has 0 fully saturated rings. The molecule has 0 spiro atoms. The van der Waals surface area contributed by atoms with E-state index in [0.717, 1.165) is 11.6 Å². The molecule has 2 aromatic rings. The van der Waals surface area contributed by atoms with Gasteiger partial charge in [-0.1, -0.05) is 37.3 Å². The molecule has 2 rings (SSSR count). The molecule has 0 aliphatic heterocycles. The number of hydrogen-bond acceptors (Lipinski definition) is 2. The third-order valence-corrected chi connectivity index (χ3v) is 3.72.